The largest absolute Gasteiger partial charge is 0.481 e. The lowest BCUT2D eigenvalue weighted by atomic mass is 10.2. The first-order chi connectivity index (χ1) is 13.9. The number of benzene rings is 1. The van der Waals surface area contributed by atoms with E-state index in [1.54, 1.807) is 23.3 Å². The fourth-order valence-electron chi connectivity index (χ4n) is 3.24. The summed E-state index contributed by atoms with van der Waals surface area (Å²) in [6, 6.07) is 6.70. The first-order valence-corrected chi connectivity index (χ1v) is 9.35. The summed E-state index contributed by atoms with van der Waals surface area (Å²) >= 11 is 5.89. The van der Waals surface area contributed by atoms with Gasteiger partial charge >= 0.3 is 5.97 Å². The molecule has 0 amide bonds. The van der Waals surface area contributed by atoms with Gasteiger partial charge in [0.1, 0.15) is 11.6 Å². The summed E-state index contributed by atoms with van der Waals surface area (Å²) in [7, 11) is 0. The maximum absolute atomic E-state index is 13.9. The van der Waals surface area contributed by atoms with Gasteiger partial charge in [-0.3, -0.25) is 9.78 Å². The molecule has 0 aliphatic heterocycles. The normalized spacial score (nSPS) is 11.3. The number of aliphatic carboxylic acids is 1. The van der Waals surface area contributed by atoms with Crippen LogP contribution in [0.2, 0.25) is 5.02 Å². The molecule has 0 saturated heterocycles. The second-order valence-corrected chi connectivity index (χ2v) is 6.99. The molecule has 29 heavy (non-hydrogen) atoms. The summed E-state index contributed by atoms with van der Waals surface area (Å²) < 4.78 is 17.6. The Morgan fingerprint density at radius 1 is 1.24 bits per heavy atom. The topological polar surface area (TPSA) is 85.8 Å². The van der Waals surface area contributed by atoms with Crippen LogP contribution in [0.5, 0.6) is 0 Å². The summed E-state index contributed by atoms with van der Waals surface area (Å²) in [4.78, 5) is 23.9. The average molecular weight is 414 g/mol. The molecule has 0 atom stereocenters. The maximum atomic E-state index is 13.9. The highest BCUT2D eigenvalue weighted by atomic mass is 35.5. The van der Waals surface area contributed by atoms with E-state index in [1.165, 1.54) is 12.1 Å². The summed E-state index contributed by atoms with van der Waals surface area (Å²) in [5, 5.41) is 8.88. The molecule has 0 spiro atoms. The number of halogens is 2. The Kier molecular flexibility index (Phi) is 5.02. The lowest BCUT2D eigenvalue weighted by molar-refractivity contribution is -0.136. The fourth-order valence-corrected chi connectivity index (χ4v) is 3.39. The highest BCUT2D eigenvalue weighted by Gasteiger charge is 2.15. The van der Waals surface area contributed by atoms with Gasteiger partial charge in [0.15, 0.2) is 0 Å². The molecule has 0 saturated carbocycles. The fraction of sp³-hybridized carbons (Fsp3) is 0.200. The second-order valence-electron chi connectivity index (χ2n) is 6.58. The Morgan fingerprint density at radius 3 is 2.76 bits per heavy atom. The Hall–Kier alpha value is -3.26. The van der Waals surface area contributed by atoms with E-state index in [9.17, 15) is 9.18 Å². The molecular formula is C20H17ClFN5O2. The molecule has 1 N–H and O–H groups in total. The van der Waals surface area contributed by atoms with Crippen LogP contribution in [-0.2, 0) is 24.3 Å². The van der Waals surface area contributed by atoms with E-state index in [2.05, 4.69) is 15.0 Å². The van der Waals surface area contributed by atoms with Gasteiger partial charge in [-0.2, -0.15) is 0 Å². The number of aryl methyl sites for hydroxylation is 1. The maximum Gasteiger partial charge on any atom is 0.309 e. The minimum absolute atomic E-state index is 0.0425. The monoisotopic (exact) mass is 413 g/mol. The Morgan fingerprint density at radius 2 is 2.07 bits per heavy atom. The zero-order valence-electron chi connectivity index (χ0n) is 15.5. The van der Waals surface area contributed by atoms with Crippen LogP contribution < -0.4 is 0 Å². The quantitative estimate of drug-likeness (QED) is 0.520. The van der Waals surface area contributed by atoms with Crippen LogP contribution in [-0.4, -0.2) is 35.2 Å². The number of hydrogen-bond donors (Lipinski definition) is 1. The van der Waals surface area contributed by atoms with Crippen molar-refractivity contribution < 1.29 is 14.3 Å². The van der Waals surface area contributed by atoms with E-state index in [0.717, 1.165) is 11.3 Å². The first-order valence-electron chi connectivity index (χ1n) is 8.97. The van der Waals surface area contributed by atoms with Crippen LogP contribution >= 0.6 is 11.6 Å². The molecule has 148 valence electrons. The van der Waals surface area contributed by atoms with Gasteiger partial charge in [0.2, 0.25) is 0 Å². The lowest BCUT2D eigenvalue weighted by Crippen LogP contribution is -2.02. The summed E-state index contributed by atoms with van der Waals surface area (Å²) in [5.74, 6) is -0.705. The summed E-state index contributed by atoms with van der Waals surface area (Å²) in [6.45, 7) is 3.06. The third-order valence-electron chi connectivity index (χ3n) is 4.55. The molecule has 7 nitrogen and oxygen atoms in total. The van der Waals surface area contributed by atoms with Gasteiger partial charge in [0.05, 0.1) is 46.7 Å². The molecule has 9 heteroatoms. The van der Waals surface area contributed by atoms with Gasteiger partial charge in [-0.25, -0.2) is 14.4 Å². The molecule has 4 aromatic rings. The predicted octanol–water partition coefficient (Wildman–Crippen LogP) is 3.78. The molecule has 0 fully saturated rings. The molecular weight excluding hydrogens is 397 g/mol. The Balaban J connectivity index is 1.61. The highest BCUT2D eigenvalue weighted by Crippen LogP contribution is 2.28. The van der Waals surface area contributed by atoms with Gasteiger partial charge in [-0.15, -0.1) is 0 Å². The average Bonchev–Trinajstić information content (AvgIpc) is 3.26. The number of aromatic nitrogens is 5. The van der Waals surface area contributed by atoms with E-state index >= 15 is 0 Å². The molecule has 1 aromatic carbocycles. The van der Waals surface area contributed by atoms with Crippen molar-refractivity contribution in [2.75, 3.05) is 0 Å². The predicted molar refractivity (Wildman–Crippen MR) is 106 cm³/mol. The molecule has 0 bridgehead atoms. The van der Waals surface area contributed by atoms with Crippen molar-refractivity contribution in [2.24, 2.45) is 0 Å². The minimum Gasteiger partial charge on any atom is -0.481 e. The van der Waals surface area contributed by atoms with Crippen molar-refractivity contribution >= 4 is 28.6 Å². The Bertz CT molecular complexity index is 1200. The van der Waals surface area contributed by atoms with Crippen molar-refractivity contribution in [3.8, 4) is 11.4 Å². The first kappa shape index (κ1) is 19.1. The smallest absolute Gasteiger partial charge is 0.309 e. The number of carboxylic acids is 1. The zero-order chi connectivity index (χ0) is 20.5. The minimum atomic E-state index is -0.919. The van der Waals surface area contributed by atoms with Gasteiger partial charge in [-0.05, 0) is 25.1 Å². The number of carbonyl (C=O) groups is 1. The molecule has 0 aliphatic carbocycles. The lowest BCUT2D eigenvalue weighted by Gasteiger charge is -2.07. The second kappa shape index (κ2) is 7.63. The van der Waals surface area contributed by atoms with E-state index in [-0.39, 0.29) is 11.4 Å². The molecule has 0 radical (unpaired) electrons. The van der Waals surface area contributed by atoms with Crippen molar-refractivity contribution in [1.29, 1.82) is 0 Å². The van der Waals surface area contributed by atoms with E-state index in [4.69, 9.17) is 16.7 Å². The van der Waals surface area contributed by atoms with Crippen molar-refractivity contribution in [2.45, 2.75) is 26.4 Å². The van der Waals surface area contributed by atoms with Crippen LogP contribution in [0.4, 0.5) is 4.39 Å². The summed E-state index contributed by atoms with van der Waals surface area (Å²) in [5.41, 5.74) is 3.40. The van der Waals surface area contributed by atoms with Gasteiger partial charge in [0, 0.05) is 30.6 Å². The molecule has 0 unspecified atom stereocenters. The van der Waals surface area contributed by atoms with Crippen molar-refractivity contribution in [1.82, 2.24) is 24.1 Å². The van der Waals surface area contributed by atoms with Crippen LogP contribution in [0.15, 0.2) is 43.0 Å². The van der Waals surface area contributed by atoms with E-state index in [0.29, 0.717) is 35.6 Å². The van der Waals surface area contributed by atoms with Crippen LogP contribution in [0, 0.1) is 5.82 Å². The van der Waals surface area contributed by atoms with Gasteiger partial charge in [-0.1, -0.05) is 11.6 Å². The van der Waals surface area contributed by atoms with Crippen molar-refractivity contribution in [3.05, 3.63) is 65.2 Å². The third kappa shape index (κ3) is 3.84. The highest BCUT2D eigenvalue weighted by molar-refractivity contribution is 6.31. The number of nitrogens with zero attached hydrogens (tertiary/aromatic N) is 5. The van der Waals surface area contributed by atoms with Gasteiger partial charge in [0.25, 0.3) is 0 Å². The number of fused-ring (bicyclic) bond motifs is 1. The van der Waals surface area contributed by atoms with E-state index < -0.39 is 11.8 Å². The molecule has 3 aromatic heterocycles. The SMILES string of the molecule is CCn1c(-c2ccc(Cn3cnc(CC(=O)O)c3)nc2)nc2cc(Cl)c(F)cc21. The van der Waals surface area contributed by atoms with Crippen LogP contribution in [0.25, 0.3) is 22.4 Å². The Labute approximate surface area is 170 Å². The third-order valence-corrected chi connectivity index (χ3v) is 4.84. The molecule has 3 heterocycles. The number of pyridine rings is 1. The number of carboxylic acid groups (broad SMARTS) is 1. The number of hydrogen-bond acceptors (Lipinski definition) is 4. The zero-order valence-corrected chi connectivity index (χ0v) is 16.3. The van der Waals surface area contributed by atoms with Crippen LogP contribution in [0.3, 0.4) is 0 Å². The van der Waals surface area contributed by atoms with Gasteiger partial charge < -0.3 is 14.2 Å². The molecule has 4 rings (SSSR count). The van der Waals surface area contributed by atoms with E-state index in [1.807, 2.05) is 23.6 Å². The molecule has 0 aliphatic rings. The van der Waals surface area contributed by atoms with Crippen molar-refractivity contribution in [3.63, 3.8) is 0 Å². The summed E-state index contributed by atoms with van der Waals surface area (Å²) in [6.07, 6.45) is 4.88. The standard InChI is InChI=1S/C20H17ClFN5O2/c1-2-27-18-7-16(22)15(21)6-17(18)25-20(27)12-3-4-13(23-8-12)9-26-10-14(24-11-26)5-19(28)29/h3-4,6-8,10-11H,2,5,9H2,1H3,(H,28,29). The number of imidazole rings is 2. The number of rotatable bonds is 6. The van der Waals surface area contributed by atoms with Crippen LogP contribution in [0.1, 0.15) is 18.3 Å².